The lowest BCUT2D eigenvalue weighted by Gasteiger charge is -2.34. The van der Waals surface area contributed by atoms with Crippen LogP contribution < -0.4 is 9.64 Å². The van der Waals surface area contributed by atoms with Crippen molar-refractivity contribution in [1.29, 1.82) is 0 Å². The Hall–Kier alpha value is -1.68. The smallest absolute Gasteiger partial charge is 0.142 e. The van der Waals surface area contributed by atoms with Gasteiger partial charge in [0.15, 0.2) is 0 Å². The van der Waals surface area contributed by atoms with Crippen molar-refractivity contribution in [2.24, 2.45) is 0 Å². The van der Waals surface area contributed by atoms with E-state index in [0.29, 0.717) is 6.04 Å². The molecule has 2 heterocycles. The second kappa shape index (κ2) is 5.75. The van der Waals surface area contributed by atoms with Crippen LogP contribution in [-0.4, -0.2) is 30.0 Å². The molecule has 0 spiro atoms. The van der Waals surface area contributed by atoms with Crippen LogP contribution >= 0.6 is 11.6 Å². The van der Waals surface area contributed by atoms with Crippen LogP contribution in [0.5, 0.6) is 5.75 Å². The summed E-state index contributed by atoms with van der Waals surface area (Å²) in [5, 5.41) is 5.08. The summed E-state index contributed by atoms with van der Waals surface area (Å²) >= 11 is 6.11. The van der Waals surface area contributed by atoms with Gasteiger partial charge in [-0.25, -0.2) is 0 Å². The summed E-state index contributed by atoms with van der Waals surface area (Å²) in [4.78, 5) is 2.34. The van der Waals surface area contributed by atoms with Gasteiger partial charge in [-0.1, -0.05) is 11.6 Å². The van der Waals surface area contributed by atoms with E-state index in [2.05, 4.69) is 14.7 Å². The number of ether oxygens (including phenoxy) is 1. The highest BCUT2D eigenvalue weighted by atomic mass is 35.5. The van der Waals surface area contributed by atoms with Gasteiger partial charge in [-0.2, -0.15) is 5.10 Å². The highest BCUT2D eigenvalue weighted by Crippen LogP contribution is 2.34. The van der Waals surface area contributed by atoms with Crippen LogP contribution in [0.15, 0.2) is 36.7 Å². The van der Waals surface area contributed by atoms with Gasteiger partial charge in [0.2, 0.25) is 0 Å². The van der Waals surface area contributed by atoms with E-state index in [-0.39, 0.29) is 0 Å². The molecule has 20 heavy (non-hydrogen) atoms. The molecular weight excluding hydrogens is 274 g/mol. The van der Waals surface area contributed by atoms with Crippen molar-refractivity contribution in [1.82, 2.24) is 9.78 Å². The fourth-order valence-corrected chi connectivity index (χ4v) is 2.94. The number of hydrogen-bond acceptors (Lipinski definition) is 3. The quantitative estimate of drug-likeness (QED) is 0.868. The van der Waals surface area contributed by atoms with Gasteiger partial charge in [-0.15, -0.1) is 0 Å². The molecule has 5 heteroatoms. The molecule has 0 N–H and O–H groups in total. The molecule has 106 valence electrons. The van der Waals surface area contributed by atoms with Crippen molar-refractivity contribution in [3.05, 3.63) is 41.7 Å². The van der Waals surface area contributed by atoms with E-state index in [1.165, 1.54) is 0 Å². The van der Waals surface area contributed by atoms with Gasteiger partial charge in [-0.05, 0) is 37.1 Å². The monoisotopic (exact) mass is 291 g/mol. The molecule has 1 saturated heterocycles. The van der Waals surface area contributed by atoms with Crippen LogP contribution in [-0.2, 0) is 0 Å². The largest absolute Gasteiger partial charge is 0.495 e. The highest BCUT2D eigenvalue weighted by Gasteiger charge is 2.22. The molecule has 3 rings (SSSR count). The lowest BCUT2D eigenvalue weighted by Crippen LogP contribution is -2.35. The molecule has 1 fully saturated rings. The first-order valence-corrected chi connectivity index (χ1v) is 7.23. The predicted molar refractivity (Wildman–Crippen MR) is 80.7 cm³/mol. The molecule has 0 amide bonds. The van der Waals surface area contributed by atoms with Gasteiger partial charge >= 0.3 is 0 Å². The number of rotatable bonds is 3. The van der Waals surface area contributed by atoms with E-state index in [0.717, 1.165) is 42.4 Å². The number of piperidine rings is 1. The first kappa shape index (κ1) is 13.3. The SMILES string of the molecule is COc1ccc(Cl)cc1N1CCC(n2cccn2)CC1. The lowest BCUT2D eigenvalue weighted by molar-refractivity contribution is 0.362. The molecule has 0 atom stereocenters. The number of anilines is 1. The summed E-state index contributed by atoms with van der Waals surface area (Å²) in [5.74, 6) is 0.881. The fourth-order valence-electron chi connectivity index (χ4n) is 2.78. The summed E-state index contributed by atoms with van der Waals surface area (Å²) < 4.78 is 7.50. The van der Waals surface area contributed by atoms with Crippen LogP contribution in [0.2, 0.25) is 5.02 Å². The van der Waals surface area contributed by atoms with Crippen LogP contribution in [0.1, 0.15) is 18.9 Å². The molecule has 0 aliphatic carbocycles. The summed E-state index contributed by atoms with van der Waals surface area (Å²) in [6.45, 7) is 1.97. The molecule has 2 aromatic rings. The summed E-state index contributed by atoms with van der Waals surface area (Å²) in [6, 6.07) is 8.24. The summed E-state index contributed by atoms with van der Waals surface area (Å²) in [7, 11) is 1.70. The first-order chi connectivity index (χ1) is 9.78. The molecule has 1 aliphatic rings. The average molecular weight is 292 g/mol. The number of aromatic nitrogens is 2. The van der Waals surface area contributed by atoms with Crippen molar-refractivity contribution in [3.8, 4) is 5.75 Å². The number of methoxy groups -OCH3 is 1. The molecule has 1 aliphatic heterocycles. The zero-order valence-corrected chi connectivity index (χ0v) is 12.3. The third-order valence-electron chi connectivity index (χ3n) is 3.85. The predicted octanol–water partition coefficient (Wildman–Crippen LogP) is 3.39. The Bertz CT molecular complexity index is 563. The average Bonchev–Trinajstić information content (AvgIpc) is 3.02. The van der Waals surface area contributed by atoms with Crippen molar-refractivity contribution >= 4 is 17.3 Å². The van der Waals surface area contributed by atoms with E-state index < -0.39 is 0 Å². The first-order valence-electron chi connectivity index (χ1n) is 6.85. The third kappa shape index (κ3) is 2.61. The van der Waals surface area contributed by atoms with E-state index >= 15 is 0 Å². The van der Waals surface area contributed by atoms with Crippen LogP contribution in [0.4, 0.5) is 5.69 Å². The van der Waals surface area contributed by atoms with Crippen molar-refractivity contribution in [2.75, 3.05) is 25.1 Å². The Morgan fingerprint density at radius 2 is 2.10 bits per heavy atom. The van der Waals surface area contributed by atoms with E-state index in [4.69, 9.17) is 16.3 Å². The van der Waals surface area contributed by atoms with Gasteiger partial charge in [0, 0.05) is 30.5 Å². The number of nitrogens with zero attached hydrogens (tertiary/aromatic N) is 3. The topological polar surface area (TPSA) is 30.3 Å². The second-order valence-electron chi connectivity index (χ2n) is 5.02. The van der Waals surface area contributed by atoms with Crippen LogP contribution in [0, 0.1) is 0 Å². The minimum atomic E-state index is 0.492. The molecule has 4 nitrogen and oxygen atoms in total. The Labute approximate surface area is 123 Å². The second-order valence-corrected chi connectivity index (χ2v) is 5.46. The normalized spacial score (nSPS) is 16.4. The molecule has 1 aromatic heterocycles. The van der Waals surface area contributed by atoms with E-state index in [1.54, 1.807) is 7.11 Å². The van der Waals surface area contributed by atoms with Gasteiger partial charge in [0.1, 0.15) is 5.75 Å². The maximum atomic E-state index is 6.11. The summed E-state index contributed by atoms with van der Waals surface area (Å²) in [6.07, 6.45) is 6.04. The third-order valence-corrected chi connectivity index (χ3v) is 4.08. The minimum absolute atomic E-state index is 0.492. The van der Waals surface area contributed by atoms with Gasteiger partial charge in [0.05, 0.1) is 18.8 Å². The van der Waals surface area contributed by atoms with Crippen molar-refractivity contribution in [2.45, 2.75) is 18.9 Å². The molecule has 0 bridgehead atoms. The van der Waals surface area contributed by atoms with Gasteiger partial charge in [-0.3, -0.25) is 4.68 Å². The Morgan fingerprint density at radius 3 is 2.75 bits per heavy atom. The Balaban J connectivity index is 1.73. The lowest BCUT2D eigenvalue weighted by atomic mass is 10.0. The Kier molecular flexibility index (Phi) is 3.83. The van der Waals surface area contributed by atoms with E-state index in [1.807, 2.05) is 36.7 Å². The fraction of sp³-hybridized carbons (Fsp3) is 0.400. The molecule has 0 saturated carbocycles. The zero-order valence-electron chi connectivity index (χ0n) is 11.5. The molecule has 0 radical (unpaired) electrons. The Morgan fingerprint density at radius 1 is 1.30 bits per heavy atom. The number of benzene rings is 1. The van der Waals surface area contributed by atoms with Crippen molar-refractivity contribution in [3.63, 3.8) is 0 Å². The maximum absolute atomic E-state index is 6.11. The molecule has 0 unspecified atom stereocenters. The number of halogens is 1. The van der Waals surface area contributed by atoms with Crippen LogP contribution in [0.25, 0.3) is 0 Å². The highest BCUT2D eigenvalue weighted by molar-refractivity contribution is 6.30. The summed E-state index contributed by atoms with van der Waals surface area (Å²) in [5.41, 5.74) is 1.08. The van der Waals surface area contributed by atoms with Crippen molar-refractivity contribution < 1.29 is 4.74 Å². The molecular formula is C15H18ClN3O. The van der Waals surface area contributed by atoms with Gasteiger partial charge < -0.3 is 9.64 Å². The maximum Gasteiger partial charge on any atom is 0.142 e. The molecule has 1 aromatic carbocycles. The number of hydrogen-bond donors (Lipinski definition) is 0. The zero-order chi connectivity index (χ0) is 13.9. The van der Waals surface area contributed by atoms with Gasteiger partial charge in [0.25, 0.3) is 0 Å². The standard InChI is InChI=1S/C15H18ClN3O/c1-20-15-4-3-12(16)11-14(15)18-9-5-13(6-10-18)19-8-2-7-17-19/h2-4,7-8,11,13H,5-6,9-10H2,1H3. The van der Waals surface area contributed by atoms with Crippen LogP contribution in [0.3, 0.4) is 0 Å². The van der Waals surface area contributed by atoms with E-state index in [9.17, 15) is 0 Å². The minimum Gasteiger partial charge on any atom is -0.495 e.